The summed E-state index contributed by atoms with van der Waals surface area (Å²) in [6.07, 6.45) is 3.63. The zero-order chi connectivity index (χ0) is 19.1. The molecule has 1 fully saturated rings. The number of H-pyrrole nitrogens is 1. The standard InChI is InChI=1S/C21H22N6O/c1-26-6-8-27(9-7-26)21-17-10-14(2-5-19(17)23-13-24-21)18-11-22-20-16(18)4-3-15(12-28)25-20/h2-5,10-11,13,28H,6-9,12H2,1H3,(H,22,25). The highest BCUT2D eigenvalue weighted by Gasteiger charge is 2.18. The number of piperazine rings is 1. The van der Waals surface area contributed by atoms with Gasteiger partial charge < -0.3 is 19.9 Å². The fraction of sp³-hybridized carbons (Fsp3) is 0.286. The van der Waals surface area contributed by atoms with Gasteiger partial charge in [-0.25, -0.2) is 15.0 Å². The number of anilines is 1. The van der Waals surface area contributed by atoms with Crippen LogP contribution < -0.4 is 4.90 Å². The van der Waals surface area contributed by atoms with Crippen molar-refractivity contribution in [2.75, 3.05) is 38.1 Å². The van der Waals surface area contributed by atoms with Crippen molar-refractivity contribution in [3.05, 3.63) is 48.5 Å². The zero-order valence-corrected chi connectivity index (χ0v) is 15.8. The van der Waals surface area contributed by atoms with E-state index in [2.05, 4.69) is 55.0 Å². The van der Waals surface area contributed by atoms with Crippen molar-refractivity contribution in [3.8, 4) is 11.1 Å². The van der Waals surface area contributed by atoms with Gasteiger partial charge >= 0.3 is 0 Å². The summed E-state index contributed by atoms with van der Waals surface area (Å²) in [5, 5.41) is 11.4. The molecule has 1 aliphatic rings. The lowest BCUT2D eigenvalue weighted by Crippen LogP contribution is -2.44. The quantitative estimate of drug-likeness (QED) is 0.573. The molecular formula is C21H22N6O. The van der Waals surface area contributed by atoms with Crippen molar-refractivity contribution in [2.24, 2.45) is 0 Å². The van der Waals surface area contributed by atoms with Crippen molar-refractivity contribution in [1.29, 1.82) is 0 Å². The van der Waals surface area contributed by atoms with E-state index < -0.39 is 0 Å². The number of hydrogen-bond donors (Lipinski definition) is 2. The summed E-state index contributed by atoms with van der Waals surface area (Å²) < 4.78 is 0. The molecule has 0 aliphatic carbocycles. The van der Waals surface area contributed by atoms with E-state index in [0.29, 0.717) is 5.69 Å². The number of nitrogens with one attached hydrogen (secondary N) is 1. The molecule has 4 heterocycles. The Balaban J connectivity index is 1.61. The second-order valence-electron chi connectivity index (χ2n) is 7.28. The van der Waals surface area contributed by atoms with Crippen molar-refractivity contribution in [1.82, 2.24) is 24.8 Å². The van der Waals surface area contributed by atoms with Crippen molar-refractivity contribution < 1.29 is 5.11 Å². The Morgan fingerprint density at radius 2 is 1.89 bits per heavy atom. The summed E-state index contributed by atoms with van der Waals surface area (Å²) in [4.78, 5) is 21.4. The molecule has 7 heteroatoms. The van der Waals surface area contributed by atoms with E-state index in [9.17, 15) is 5.11 Å². The van der Waals surface area contributed by atoms with Gasteiger partial charge in [-0.2, -0.15) is 0 Å². The first kappa shape index (κ1) is 17.1. The fourth-order valence-electron chi connectivity index (χ4n) is 3.85. The van der Waals surface area contributed by atoms with Gasteiger partial charge in [-0.15, -0.1) is 0 Å². The van der Waals surface area contributed by atoms with Gasteiger partial charge in [-0.1, -0.05) is 6.07 Å². The third-order valence-corrected chi connectivity index (χ3v) is 5.49. The van der Waals surface area contributed by atoms with Gasteiger partial charge in [0.25, 0.3) is 0 Å². The number of aromatic nitrogens is 4. The first-order valence-corrected chi connectivity index (χ1v) is 9.49. The SMILES string of the molecule is CN1CCN(c2ncnc3ccc(-c4c[nH]c5nc(CO)ccc45)cc23)CC1. The van der Waals surface area contributed by atoms with E-state index >= 15 is 0 Å². The van der Waals surface area contributed by atoms with Crippen LogP contribution in [0.25, 0.3) is 33.1 Å². The number of aliphatic hydroxyl groups is 1. The number of aromatic amines is 1. The topological polar surface area (TPSA) is 81.2 Å². The van der Waals surface area contributed by atoms with Crippen LogP contribution in [0.4, 0.5) is 5.82 Å². The molecule has 5 rings (SSSR count). The predicted octanol–water partition coefficient (Wildman–Crippen LogP) is 2.42. The number of hydrogen-bond acceptors (Lipinski definition) is 6. The lowest BCUT2D eigenvalue weighted by molar-refractivity contribution is 0.277. The molecule has 0 bridgehead atoms. The molecule has 4 aromatic rings. The number of fused-ring (bicyclic) bond motifs is 2. The van der Waals surface area contributed by atoms with Crippen molar-refractivity contribution in [3.63, 3.8) is 0 Å². The van der Waals surface area contributed by atoms with E-state index in [1.807, 2.05) is 18.3 Å². The second-order valence-corrected chi connectivity index (χ2v) is 7.28. The van der Waals surface area contributed by atoms with E-state index in [1.54, 1.807) is 6.33 Å². The molecule has 2 N–H and O–H groups in total. The van der Waals surface area contributed by atoms with Crippen LogP contribution in [0, 0.1) is 0 Å². The van der Waals surface area contributed by atoms with Gasteiger partial charge in [-0.05, 0) is 36.9 Å². The van der Waals surface area contributed by atoms with Gasteiger partial charge in [0.05, 0.1) is 17.8 Å². The zero-order valence-electron chi connectivity index (χ0n) is 15.8. The molecule has 0 unspecified atom stereocenters. The molecule has 1 saturated heterocycles. The lowest BCUT2D eigenvalue weighted by atomic mass is 10.0. The first-order valence-electron chi connectivity index (χ1n) is 9.49. The molecule has 0 radical (unpaired) electrons. The van der Waals surface area contributed by atoms with Crippen LogP contribution in [0.1, 0.15) is 5.69 Å². The normalized spacial score (nSPS) is 15.6. The number of aliphatic hydroxyl groups excluding tert-OH is 1. The second kappa shape index (κ2) is 6.85. The maximum absolute atomic E-state index is 9.31. The van der Waals surface area contributed by atoms with E-state index in [-0.39, 0.29) is 6.61 Å². The number of rotatable bonds is 3. The average molecular weight is 374 g/mol. The van der Waals surface area contributed by atoms with Crippen LogP contribution in [0.15, 0.2) is 42.9 Å². The third-order valence-electron chi connectivity index (χ3n) is 5.49. The molecule has 0 saturated carbocycles. The molecule has 142 valence electrons. The van der Waals surface area contributed by atoms with Crippen molar-refractivity contribution in [2.45, 2.75) is 6.61 Å². The lowest BCUT2D eigenvalue weighted by Gasteiger charge is -2.33. The molecular weight excluding hydrogens is 352 g/mol. The molecule has 3 aromatic heterocycles. The third kappa shape index (κ3) is 2.89. The Bertz CT molecular complexity index is 1150. The smallest absolute Gasteiger partial charge is 0.139 e. The van der Waals surface area contributed by atoms with Gasteiger partial charge in [0.15, 0.2) is 0 Å². The Morgan fingerprint density at radius 1 is 1.04 bits per heavy atom. The maximum Gasteiger partial charge on any atom is 0.139 e. The molecule has 0 spiro atoms. The molecule has 28 heavy (non-hydrogen) atoms. The number of pyridine rings is 1. The van der Waals surface area contributed by atoms with Crippen LogP contribution in [0.3, 0.4) is 0 Å². The van der Waals surface area contributed by atoms with Gasteiger partial charge in [0.2, 0.25) is 0 Å². The summed E-state index contributed by atoms with van der Waals surface area (Å²) in [5.41, 5.74) is 4.58. The Kier molecular flexibility index (Phi) is 4.18. The van der Waals surface area contributed by atoms with Crippen LogP contribution in [0.5, 0.6) is 0 Å². The number of nitrogens with zero attached hydrogens (tertiary/aromatic N) is 5. The number of likely N-dealkylation sites (N-methyl/N-ethyl adjacent to an activating group) is 1. The van der Waals surface area contributed by atoms with Crippen molar-refractivity contribution >= 4 is 27.8 Å². The Morgan fingerprint density at radius 3 is 2.71 bits per heavy atom. The van der Waals surface area contributed by atoms with Gasteiger partial charge in [-0.3, -0.25) is 0 Å². The van der Waals surface area contributed by atoms with Gasteiger partial charge in [0, 0.05) is 48.7 Å². The summed E-state index contributed by atoms with van der Waals surface area (Å²) in [5.74, 6) is 1.00. The first-order chi connectivity index (χ1) is 13.7. The molecule has 1 aliphatic heterocycles. The molecule has 1 aromatic carbocycles. The minimum Gasteiger partial charge on any atom is -0.390 e. The highest BCUT2D eigenvalue weighted by Crippen LogP contribution is 2.32. The van der Waals surface area contributed by atoms with Crippen LogP contribution >= 0.6 is 0 Å². The summed E-state index contributed by atoms with van der Waals surface area (Å²) in [7, 11) is 2.15. The fourth-order valence-corrected chi connectivity index (χ4v) is 3.85. The van der Waals surface area contributed by atoms with Gasteiger partial charge in [0.1, 0.15) is 17.8 Å². The maximum atomic E-state index is 9.31. The minimum absolute atomic E-state index is 0.0635. The largest absolute Gasteiger partial charge is 0.390 e. The average Bonchev–Trinajstić information content (AvgIpc) is 3.16. The van der Waals surface area contributed by atoms with Crippen LogP contribution in [0.2, 0.25) is 0 Å². The minimum atomic E-state index is -0.0635. The highest BCUT2D eigenvalue weighted by atomic mass is 16.3. The van der Waals surface area contributed by atoms with Crippen LogP contribution in [-0.2, 0) is 6.61 Å². The van der Waals surface area contributed by atoms with Crippen LogP contribution in [-0.4, -0.2) is 63.2 Å². The van der Waals surface area contributed by atoms with E-state index in [1.165, 1.54) is 0 Å². The summed E-state index contributed by atoms with van der Waals surface area (Å²) >= 11 is 0. The highest BCUT2D eigenvalue weighted by molar-refractivity contribution is 5.98. The molecule has 0 amide bonds. The predicted molar refractivity (Wildman–Crippen MR) is 110 cm³/mol. The summed E-state index contributed by atoms with van der Waals surface area (Å²) in [6, 6.07) is 10.2. The van der Waals surface area contributed by atoms with E-state index in [0.717, 1.165) is 65.1 Å². The summed E-state index contributed by atoms with van der Waals surface area (Å²) in [6.45, 7) is 3.94. The molecule has 7 nitrogen and oxygen atoms in total. The van der Waals surface area contributed by atoms with E-state index in [4.69, 9.17) is 0 Å². The Labute approximate surface area is 162 Å². The number of benzene rings is 1. The Hall–Kier alpha value is -3.03. The monoisotopic (exact) mass is 374 g/mol. The molecule has 0 atom stereocenters.